The van der Waals surface area contributed by atoms with Crippen molar-refractivity contribution in [2.75, 3.05) is 39.2 Å². The third-order valence-electron chi connectivity index (χ3n) is 4.77. The van der Waals surface area contributed by atoms with E-state index >= 15 is 0 Å². The monoisotopic (exact) mass is 389 g/mol. The predicted octanol–water partition coefficient (Wildman–Crippen LogP) is 3.80. The molecule has 1 aliphatic heterocycles. The summed E-state index contributed by atoms with van der Waals surface area (Å²) in [6.07, 6.45) is 2.32. The van der Waals surface area contributed by atoms with Crippen LogP contribution in [0.5, 0.6) is 11.5 Å². The largest absolute Gasteiger partial charge is 0.497 e. The molecule has 0 bridgehead atoms. The Hall–Kier alpha value is -2.25. The number of thiophene rings is 1. The van der Waals surface area contributed by atoms with Crippen molar-refractivity contribution >= 4 is 23.1 Å². The maximum Gasteiger partial charge on any atom is 0.319 e. The van der Waals surface area contributed by atoms with Gasteiger partial charge in [-0.05, 0) is 48.9 Å². The van der Waals surface area contributed by atoms with Gasteiger partial charge in [0.05, 0.1) is 19.9 Å². The Morgan fingerprint density at radius 2 is 2.19 bits per heavy atom. The van der Waals surface area contributed by atoms with E-state index in [1.165, 1.54) is 11.3 Å². The zero-order valence-electron chi connectivity index (χ0n) is 15.9. The number of nitrogens with one attached hydrogen (secondary N) is 2. The molecule has 2 aromatic rings. The first-order chi connectivity index (χ1) is 13.2. The second kappa shape index (κ2) is 9.62. The first-order valence-electron chi connectivity index (χ1n) is 9.19. The molecule has 3 rings (SSSR count). The van der Waals surface area contributed by atoms with Gasteiger partial charge in [0, 0.05) is 30.6 Å². The van der Waals surface area contributed by atoms with Crippen molar-refractivity contribution in [1.82, 2.24) is 10.2 Å². The molecule has 1 atom stereocenters. The maximum absolute atomic E-state index is 12.3. The summed E-state index contributed by atoms with van der Waals surface area (Å²) < 4.78 is 10.5. The van der Waals surface area contributed by atoms with Crippen molar-refractivity contribution in [1.29, 1.82) is 0 Å². The van der Waals surface area contributed by atoms with Gasteiger partial charge in [-0.25, -0.2) is 4.79 Å². The highest BCUT2D eigenvalue weighted by molar-refractivity contribution is 7.09. The summed E-state index contributed by atoms with van der Waals surface area (Å²) in [4.78, 5) is 16.2. The minimum absolute atomic E-state index is 0.214. The van der Waals surface area contributed by atoms with Crippen molar-refractivity contribution in [2.45, 2.75) is 19.4 Å². The van der Waals surface area contributed by atoms with Crippen LogP contribution in [0.25, 0.3) is 0 Å². The summed E-state index contributed by atoms with van der Waals surface area (Å²) in [5.41, 5.74) is 0.624. The summed E-state index contributed by atoms with van der Waals surface area (Å²) in [6, 6.07) is 9.39. The standard InChI is InChI=1S/C20H27N3O3S/c1-25-16-7-8-18(19(11-16)26-2)22-20(24)21-12-15-5-3-9-23(13-15)14-17-6-4-10-27-17/h4,6-8,10-11,15H,3,5,9,12-14H2,1-2H3,(H2,21,22,24). The molecule has 0 radical (unpaired) electrons. The normalized spacial score (nSPS) is 17.3. The Labute approximate surface area is 164 Å². The average Bonchev–Trinajstić information content (AvgIpc) is 3.20. The highest BCUT2D eigenvalue weighted by Gasteiger charge is 2.21. The van der Waals surface area contributed by atoms with Crippen LogP contribution < -0.4 is 20.1 Å². The van der Waals surface area contributed by atoms with E-state index in [0.717, 1.165) is 26.1 Å². The first kappa shape index (κ1) is 19.5. The topological polar surface area (TPSA) is 62.8 Å². The van der Waals surface area contributed by atoms with Crippen molar-refractivity contribution in [3.63, 3.8) is 0 Å². The molecule has 0 aliphatic carbocycles. The lowest BCUT2D eigenvalue weighted by atomic mass is 9.98. The molecule has 1 aliphatic rings. The van der Waals surface area contributed by atoms with Gasteiger partial charge in [0.1, 0.15) is 11.5 Å². The van der Waals surface area contributed by atoms with Crippen LogP contribution in [-0.4, -0.2) is 44.8 Å². The van der Waals surface area contributed by atoms with E-state index in [2.05, 4.69) is 33.0 Å². The summed E-state index contributed by atoms with van der Waals surface area (Å²) in [5.74, 6) is 1.73. The fourth-order valence-corrected chi connectivity index (χ4v) is 4.14. The van der Waals surface area contributed by atoms with Gasteiger partial charge >= 0.3 is 6.03 Å². The van der Waals surface area contributed by atoms with E-state index in [0.29, 0.717) is 29.6 Å². The number of carbonyl (C=O) groups is 1. The molecule has 1 saturated heterocycles. The van der Waals surface area contributed by atoms with Crippen LogP contribution in [0.1, 0.15) is 17.7 Å². The van der Waals surface area contributed by atoms with Crippen molar-refractivity contribution in [3.8, 4) is 11.5 Å². The van der Waals surface area contributed by atoms with Crippen LogP contribution in [0.3, 0.4) is 0 Å². The van der Waals surface area contributed by atoms with Crippen LogP contribution in [0.4, 0.5) is 10.5 Å². The summed E-state index contributed by atoms with van der Waals surface area (Å²) >= 11 is 1.80. The lowest BCUT2D eigenvalue weighted by Gasteiger charge is -2.32. The molecule has 6 nitrogen and oxygen atoms in total. The quantitative estimate of drug-likeness (QED) is 0.756. The number of anilines is 1. The van der Waals surface area contributed by atoms with E-state index in [4.69, 9.17) is 9.47 Å². The maximum atomic E-state index is 12.3. The lowest BCUT2D eigenvalue weighted by molar-refractivity contribution is 0.167. The zero-order valence-corrected chi connectivity index (χ0v) is 16.7. The molecule has 2 amide bonds. The lowest BCUT2D eigenvalue weighted by Crippen LogP contribution is -2.41. The molecule has 1 aromatic carbocycles. The number of carbonyl (C=O) groups excluding carboxylic acids is 1. The second-order valence-electron chi connectivity index (χ2n) is 6.72. The number of piperidine rings is 1. The van der Waals surface area contributed by atoms with Gasteiger partial charge in [-0.2, -0.15) is 0 Å². The number of urea groups is 1. The number of nitrogens with zero attached hydrogens (tertiary/aromatic N) is 1. The van der Waals surface area contributed by atoms with Crippen LogP contribution in [0, 0.1) is 5.92 Å². The van der Waals surface area contributed by atoms with E-state index in [-0.39, 0.29) is 6.03 Å². The van der Waals surface area contributed by atoms with Crippen LogP contribution in [-0.2, 0) is 6.54 Å². The van der Waals surface area contributed by atoms with Gasteiger partial charge in [-0.1, -0.05) is 6.07 Å². The van der Waals surface area contributed by atoms with Gasteiger partial charge < -0.3 is 20.1 Å². The number of hydrogen-bond acceptors (Lipinski definition) is 5. The third kappa shape index (κ3) is 5.61. The Balaban J connectivity index is 1.47. The first-order valence-corrected chi connectivity index (χ1v) is 10.1. The minimum atomic E-state index is -0.214. The van der Waals surface area contributed by atoms with E-state index in [1.54, 1.807) is 43.8 Å². The number of amides is 2. The molecule has 2 heterocycles. The van der Waals surface area contributed by atoms with Crippen LogP contribution in [0.2, 0.25) is 0 Å². The Morgan fingerprint density at radius 1 is 1.30 bits per heavy atom. The van der Waals surface area contributed by atoms with Gasteiger partial charge in [0.15, 0.2) is 0 Å². The fourth-order valence-electron chi connectivity index (χ4n) is 3.39. The SMILES string of the molecule is COc1ccc(NC(=O)NCC2CCCN(Cc3cccs3)C2)c(OC)c1. The Morgan fingerprint density at radius 3 is 2.93 bits per heavy atom. The Bertz CT molecular complexity index is 736. The molecular weight excluding hydrogens is 362 g/mol. The molecule has 1 aromatic heterocycles. The summed E-state index contributed by atoms with van der Waals surface area (Å²) in [7, 11) is 3.17. The number of rotatable bonds is 7. The molecule has 0 saturated carbocycles. The van der Waals surface area contributed by atoms with Gasteiger partial charge in [0.2, 0.25) is 0 Å². The van der Waals surface area contributed by atoms with Gasteiger partial charge in [-0.3, -0.25) is 4.90 Å². The van der Waals surface area contributed by atoms with Crippen molar-refractivity contribution in [3.05, 3.63) is 40.6 Å². The number of benzene rings is 1. The molecule has 1 unspecified atom stereocenters. The molecule has 1 fully saturated rings. The van der Waals surface area contributed by atoms with Crippen molar-refractivity contribution < 1.29 is 14.3 Å². The Kier molecular flexibility index (Phi) is 6.95. The summed E-state index contributed by atoms with van der Waals surface area (Å²) in [6.45, 7) is 3.82. The van der Waals surface area contributed by atoms with E-state index in [9.17, 15) is 4.79 Å². The van der Waals surface area contributed by atoms with Crippen LogP contribution >= 0.6 is 11.3 Å². The minimum Gasteiger partial charge on any atom is -0.497 e. The van der Waals surface area contributed by atoms with Gasteiger partial charge in [0.25, 0.3) is 0 Å². The average molecular weight is 390 g/mol. The van der Waals surface area contributed by atoms with E-state index < -0.39 is 0 Å². The predicted molar refractivity (Wildman–Crippen MR) is 109 cm³/mol. The highest BCUT2D eigenvalue weighted by atomic mass is 32.1. The summed E-state index contributed by atoms with van der Waals surface area (Å²) in [5, 5.41) is 7.98. The van der Waals surface area contributed by atoms with Crippen LogP contribution in [0.15, 0.2) is 35.7 Å². The molecule has 7 heteroatoms. The molecule has 146 valence electrons. The fraction of sp³-hybridized carbons (Fsp3) is 0.450. The molecule has 27 heavy (non-hydrogen) atoms. The van der Waals surface area contributed by atoms with Crippen molar-refractivity contribution in [2.24, 2.45) is 5.92 Å². The number of ether oxygens (including phenoxy) is 2. The third-order valence-corrected chi connectivity index (χ3v) is 5.63. The zero-order chi connectivity index (χ0) is 19.1. The number of methoxy groups -OCH3 is 2. The molecule has 2 N–H and O–H groups in total. The smallest absolute Gasteiger partial charge is 0.319 e. The molecule has 0 spiro atoms. The number of likely N-dealkylation sites (tertiary alicyclic amines) is 1. The highest BCUT2D eigenvalue weighted by Crippen LogP contribution is 2.29. The second-order valence-corrected chi connectivity index (χ2v) is 7.76. The number of hydrogen-bond donors (Lipinski definition) is 2. The molecular formula is C20H27N3O3S. The van der Waals surface area contributed by atoms with Gasteiger partial charge in [-0.15, -0.1) is 11.3 Å². The van der Waals surface area contributed by atoms with E-state index in [1.807, 2.05) is 0 Å².